The Bertz CT molecular complexity index is 862. The molecule has 1 heterocycles. The molecule has 0 aliphatic heterocycles. The molecular weight excluding hydrogens is 260 g/mol. The number of hydrogen-bond donors (Lipinski definition) is 0. The van der Waals surface area contributed by atoms with E-state index in [1.807, 2.05) is 80.6 Å². The van der Waals surface area contributed by atoms with Crippen LogP contribution in [-0.2, 0) is 0 Å². The molecule has 3 nitrogen and oxygen atoms in total. The number of hydrogen-bond acceptors (Lipinski definition) is 2. The van der Waals surface area contributed by atoms with Gasteiger partial charge in [0, 0.05) is 31.1 Å². The minimum atomic E-state index is 0.0190. The molecule has 0 saturated carbocycles. The number of anilines is 1. The van der Waals surface area contributed by atoms with Crippen LogP contribution < -0.4 is 10.5 Å². The fourth-order valence-electron chi connectivity index (χ4n) is 2.64. The first-order valence-electron chi connectivity index (χ1n) is 6.97. The first kappa shape index (κ1) is 13.4. The van der Waals surface area contributed by atoms with Crippen molar-refractivity contribution in [3.8, 4) is 5.69 Å². The highest BCUT2D eigenvalue weighted by Gasteiger charge is 2.11. The van der Waals surface area contributed by atoms with Gasteiger partial charge in [0.05, 0.1) is 11.4 Å². The van der Waals surface area contributed by atoms with Gasteiger partial charge in [-0.2, -0.15) is 0 Å². The molecule has 0 atom stereocenters. The molecule has 3 aromatic rings. The molecule has 0 saturated heterocycles. The maximum Gasteiger partial charge on any atom is 0.263 e. The predicted molar refractivity (Wildman–Crippen MR) is 88.6 cm³/mol. The van der Waals surface area contributed by atoms with Gasteiger partial charge in [-0.15, -0.1) is 0 Å². The molecule has 106 valence electrons. The molecule has 3 rings (SSSR count). The molecule has 0 bridgehead atoms. The maximum atomic E-state index is 12.8. The minimum Gasteiger partial charge on any atom is -0.376 e. The minimum absolute atomic E-state index is 0.0190. The maximum absolute atomic E-state index is 12.8. The lowest BCUT2D eigenvalue weighted by Crippen LogP contribution is -2.22. The molecular formula is C18H18N2O. The fourth-order valence-corrected chi connectivity index (χ4v) is 2.64. The highest BCUT2D eigenvalue weighted by molar-refractivity contribution is 5.93. The Hall–Kier alpha value is -2.55. The largest absolute Gasteiger partial charge is 0.376 e. The second kappa shape index (κ2) is 5.09. The quantitative estimate of drug-likeness (QED) is 0.718. The van der Waals surface area contributed by atoms with Crippen molar-refractivity contribution in [1.29, 1.82) is 0 Å². The van der Waals surface area contributed by atoms with Gasteiger partial charge in [0.2, 0.25) is 0 Å². The predicted octanol–water partition coefficient (Wildman–Crippen LogP) is 3.37. The molecule has 3 heteroatoms. The van der Waals surface area contributed by atoms with Gasteiger partial charge in [-0.05, 0) is 24.6 Å². The summed E-state index contributed by atoms with van der Waals surface area (Å²) in [7, 11) is 3.99. The number of benzene rings is 2. The van der Waals surface area contributed by atoms with Crippen LogP contribution in [0.5, 0.6) is 0 Å². The Morgan fingerprint density at radius 2 is 1.52 bits per heavy atom. The highest BCUT2D eigenvalue weighted by atomic mass is 16.1. The summed E-state index contributed by atoms with van der Waals surface area (Å²) in [5.41, 5.74) is 3.06. The van der Waals surface area contributed by atoms with Crippen molar-refractivity contribution in [2.75, 3.05) is 19.0 Å². The molecule has 2 aromatic carbocycles. The molecule has 0 aliphatic carbocycles. The van der Waals surface area contributed by atoms with Gasteiger partial charge < -0.3 is 4.90 Å². The first-order chi connectivity index (χ1) is 10.1. The average molecular weight is 278 g/mol. The van der Waals surface area contributed by atoms with Gasteiger partial charge in [-0.1, -0.05) is 36.4 Å². The van der Waals surface area contributed by atoms with E-state index in [1.165, 1.54) is 0 Å². The molecule has 0 unspecified atom stereocenters. The number of rotatable bonds is 2. The van der Waals surface area contributed by atoms with E-state index in [2.05, 4.69) is 0 Å². The molecule has 0 N–H and O–H groups in total. The lowest BCUT2D eigenvalue weighted by atomic mass is 10.1. The Morgan fingerprint density at radius 1 is 0.905 bits per heavy atom. The Labute approximate surface area is 124 Å². The smallest absolute Gasteiger partial charge is 0.263 e. The second-order valence-electron chi connectivity index (χ2n) is 5.42. The normalized spacial score (nSPS) is 10.8. The summed E-state index contributed by atoms with van der Waals surface area (Å²) in [5.74, 6) is 0. The van der Waals surface area contributed by atoms with Crippen molar-refractivity contribution in [3.05, 3.63) is 70.6 Å². The van der Waals surface area contributed by atoms with Crippen LogP contribution in [0.1, 0.15) is 5.56 Å². The summed E-state index contributed by atoms with van der Waals surface area (Å²) in [6.07, 6.45) is 1.92. The average Bonchev–Trinajstić information content (AvgIpc) is 2.48. The van der Waals surface area contributed by atoms with Crippen LogP contribution in [0.2, 0.25) is 0 Å². The van der Waals surface area contributed by atoms with Crippen LogP contribution >= 0.6 is 0 Å². The third-order valence-corrected chi connectivity index (χ3v) is 3.76. The number of fused-ring (bicyclic) bond motifs is 1. The van der Waals surface area contributed by atoms with E-state index in [0.717, 1.165) is 27.7 Å². The van der Waals surface area contributed by atoms with E-state index >= 15 is 0 Å². The monoisotopic (exact) mass is 278 g/mol. The number of aromatic nitrogens is 1. The van der Waals surface area contributed by atoms with Gasteiger partial charge in [-0.25, -0.2) is 0 Å². The van der Waals surface area contributed by atoms with Crippen molar-refractivity contribution in [2.45, 2.75) is 6.92 Å². The molecule has 21 heavy (non-hydrogen) atoms. The van der Waals surface area contributed by atoms with Gasteiger partial charge in [-0.3, -0.25) is 9.36 Å². The third kappa shape index (κ3) is 2.21. The summed E-state index contributed by atoms with van der Waals surface area (Å²) in [4.78, 5) is 14.8. The first-order valence-corrected chi connectivity index (χ1v) is 6.97. The SMILES string of the molecule is Cc1ccccc1-n1cc(N(C)C)c2ccccc2c1=O. The highest BCUT2D eigenvalue weighted by Crippen LogP contribution is 2.24. The van der Waals surface area contributed by atoms with Crippen molar-refractivity contribution in [3.63, 3.8) is 0 Å². The Balaban J connectivity index is 2.43. The molecule has 0 spiro atoms. The van der Waals surface area contributed by atoms with E-state index in [-0.39, 0.29) is 5.56 Å². The van der Waals surface area contributed by atoms with Crippen LogP contribution in [0.25, 0.3) is 16.5 Å². The molecule has 0 fully saturated rings. The lowest BCUT2D eigenvalue weighted by Gasteiger charge is -2.19. The van der Waals surface area contributed by atoms with Crippen molar-refractivity contribution in [1.82, 2.24) is 4.57 Å². The Kier molecular flexibility index (Phi) is 3.26. The van der Waals surface area contributed by atoms with Gasteiger partial charge in [0.25, 0.3) is 5.56 Å². The zero-order valence-corrected chi connectivity index (χ0v) is 12.5. The zero-order valence-electron chi connectivity index (χ0n) is 12.5. The standard InChI is InChI=1S/C18H18N2O/c1-13-8-4-7-11-16(13)20-12-17(19(2)3)14-9-5-6-10-15(14)18(20)21/h4-12H,1-3H3. The molecule has 0 aliphatic rings. The zero-order chi connectivity index (χ0) is 15.0. The number of para-hydroxylation sites is 1. The Morgan fingerprint density at radius 3 is 2.19 bits per heavy atom. The van der Waals surface area contributed by atoms with E-state index < -0.39 is 0 Å². The summed E-state index contributed by atoms with van der Waals surface area (Å²) in [6.45, 7) is 2.02. The van der Waals surface area contributed by atoms with Crippen molar-refractivity contribution in [2.24, 2.45) is 0 Å². The topological polar surface area (TPSA) is 25.2 Å². The van der Waals surface area contributed by atoms with Crippen LogP contribution in [0.15, 0.2) is 59.5 Å². The number of pyridine rings is 1. The fraction of sp³-hybridized carbons (Fsp3) is 0.167. The second-order valence-corrected chi connectivity index (χ2v) is 5.42. The van der Waals surface area contributed by atoms with Crippen LogP contribution in [0.3, 0.4) is 0 Å². The van der Waals surface area contributed by atoms with Gasteiger partial charge >= 0.3 is 0 Å². The number of nitrogens with zero attached hydrogens (tertiary/aromatic N) is 2. The summed E-state index contributed by atoms with van der Waals surface area (Å²) >= 11 is 0. The lowest BCUT2D eigenvalue weighted by molar-refractivity contribution is 0.979. The van der Waals surface area contributed by atoms with E-state index in [0.29, 0.717) is 0 Å². The summed E-state index contributed by atoms with van der Waals surface area (Å²) in [5, 5.41) is 1.73. The van der Waals surface area contributed by atoms with Gasteiger partial charge in [0.1, 0.15) is 0 Å². The van der Waals surface area contributed by atoms with E-state index in [9.17, 15) is 4.79 Å². The van der Waals surface area contributed by atoms with Crippen LogP contribution in [-0.4, -0.2) is 18.7 Å². The number of aryl methyl sites for hydroxylation is 1. The third-order valence-electron chi connectivity index (χ3n) is 3.76. The van der Waals surface area contributed by atoms with Crippen molar-refractivity contribution >= 4 is 16.5 Å². The van der Waals surface area contributed by atoms with Gasteiger partial charge in [0.15, 0.2) is 0 Å². The summed E-state index contributed by atoms with van der Waals surface area (Å²) in [6, 6.07) is 15.7. The molecule has 0 radical (unpaired) electrons. The van der Waals surface area contributed by atoms with E-state index in [4.69, 9.17) is 0 Å². The van der Waals surface area contributed by atoms with Crippen LogP contribution in [0, 0.1) is 6.92 Å². The van der Waals surface area contributed by atoms with Crippen LogP contribution in [0.4, 0.5) is 5.69 Å². The van der Waals surface area contributed by atoms with E-state index in [1.54, 1.807) is 4.57 Å². The molecule has 0 amide bonds. The van der Waals surface area contributed by atoms with Crippen molar-refractivity contribution < 1.29 is 0 Å². The summed E-state index contributed by atoms with van der Waals surface area (Å²) < 4.78 is 1.74. The molecule has 1 aromatic heterocycles.